The van der Waals surface area contributed by atoms with Crippen molar-refractivity contribution in [3.8, 4) is 0 Å². The molecule has 1 rings (SSSR count). The highest BCUT2D eigenvalue weighted by Gasteiger charge is 2.15. The zero-order chi connectivity index (χ0) is 14.3. The maximum absolute atomic E-state index is 12.1. The number of unbranched alkanes of at least 4 members (excludes halogenated alkanes) is 4. The summed E-state index contributed by atoms with van der Waals surface area (Å²) in [6.07, 6.45) is 5.60. The Balaban J connectivity index is 2.52. The van der Waals surface area contributed by atoms with E-state index in [1.54, 1.807) is 6.07 Å². The molecule has 0 aromatic heterocycles. The third-order valence-electron chi connectivity index (χ3n) is 3.19. The minimum Gasteiger partial charge on any atom is -0.211 e. The molecule has 0 spiro atoms. The van der Waals surface area contributed by atoms with E-state index in [2.05, 4.69) is 11.6 Å². The quantitative estimate of drug-likeness (QED) is 0.742. The standard InChI is InChI=1S/C15H25NO2S/c1-4-5-6-7-8-11-16-19(17,18)15-10-9-13(2)12-14(15)3/h9-10,12,16H,4-8,11H2,1-3H3. The van der Waals surface area contributed by atoms with Crippen molar-refractivity contribution in [2.24, 2.45) is 0 Å². The van der Waals surface area contributed by atoms with Gasteiger partial charge in [-0.25, -0.2) is 13.1 Å². The van der Waals surface area contributed by atoms with Gasteiger partial charge in [-0.15, -0.1) is 0 Å². The first-order valence-corrected chi connectivity index (χ1v) is 8.52. The number of hydrogen-bond donors (Lipinski definition) is 1. The van der Waals surface area contributed by atoms with Gasteiger partial charge in [0.2, 0.25) is 10.0 Å². The number of rotatable bonds is 8. The lowest BCUT2D eigenvalue weighted by atomic mass is 10.2. The van der Waals surface area contributed by atoms with E-state index in [9.17, 15) is 8.42 Å². The van der Waals surface area contributed by atoms with Crippen molar-refractivity contribution in [2.75, 3.05) is 6.54 Å². The molecule has 0 unspecified atom stereocenters. The summed E-state index contributed by atoms with van der Waals surface area (Å²) in [7, 11) is -3.35. The van der Waals surface area contributed by atoms with Crippen LogP contribution in [0.5, 0.6) is 0 Å². The third kappa shape index (κ3) is 5.33. The van der Waals surface area contributed by atoms with Gasteiger partial charge in [0.1, 0.15) is 0 Å². The van der Waals surface area contributed by atoms with Crippen molar-refractivity contribution in [3.05, 3.63) is 29.3 Å². The topological polar surface area (TPSA) is 46.2 Å². The van der Waals surface area contributed by atoms with E-state index >= 15 is 0 Å². The fraction of sp³-hybridized carbons (Fsp3) is 0.600. The van der Waals surface area contributed by atoms with Gasteiger partial charge in [-0.1, -0.05) is 50.3 Å². The van der Waals surface area contributed by atoms with Crippen LogP contribution < -0.4 is 4.72 Å². The fourth-order valence-electron chi connectivity index (χ4n) is 2.11. The van der Waals surface area contributed by atoms with Gasteiger partial charge >= 0.3 is 0 Å². The molecular formula is C15H25NO2S. The lowest BCUT2D eigenvalue weighted by Gasteiger charge is -2.09. The van der Waals surface area contributed by atoms with Crippen molar-refractivity contribution in [3.63, 3.8) is 0 Å². The van der Waals surface area contributed by atoms with Crippen molar-refractivity contribution in [2.45, 2.75) is 57.8 Å². The average molecular weight is 283 g/mol. The SMILES string of the molecule is CCCCCCCNS(=O)(=O)c1ccc(C)cc1C. The van der Waals surface area contributed by atoms with Crippen LogP contribution in [-0.4, -0.2) is 15.0 Å². The molecule has 1 aromatic carbocycles. The molecule has 0 heterocycles. The molecule has 3 nitrogen and oxygen atoms in total. The number of nitrogens with one attached hydrogen (secondary N) is 1. The lowest BCUT2D eigenvalue weighted by Crippen LogP contribution is -2.25. The normalized spacial score (nSPS) is 11.7. The number of aryl methyl sites for hydroxylation is 2. The van der Waals surface area contributed by atoms with Gasteiger partial charge in [0.25, 0.3) is 0 Å². The summed E-state index contributed by atoms with van der Waals surface area (Å²) in [4.78, 5) is 0.395. The van der Waals surface area contributed by atoms with E-state index in [1.165, 1.54) is 19.3 Å². The van der Waals surface area contributed by atoms with Gasteiger partial charge < -0.3 is 0 Å². The Labute approximate surface area is 117 Å². The van der Waals surface area contributed by atoms with Crippen LogP contribution in [0.3, 0.4) is 0 Å². The molecule has 1 N–H and O–H groups in total. The van der Waals surface area contributed by atoms with Gasteiger partial charge in [-0.2, -0.15) is 0 Å². The molecule has 0 aliphatic rings. The van der Waals surface area contributed by atoms with E-state index in [0.29, 0.717) is 11.4 Å². The highest BCUT2D eigenvalue weighted by Crippen LogP contribution is 2.16. The Kier molecular flexibility index (Phi) is 6.52. The van der Waals surface area contributed by atoms with Gasteiger partial charge in [-0.3, -0.25) is 0 Å². The number of sulfonamides is 1. The average Bonchev–Trinajstić information content (AvgIpc) is 2.33. The summed E-state index contributed by atoms with van der Waals surface area (Å²) in [6, 6.07) is 5.42. The molecule has 0 amide bonds. The molecule has 0 bridgehead atoms. The molecule has 0 saturated carbocycles. The monoisotopic (exact) mass is 283 g/mol. The van der Waals surface area contributed by atoms with Crippen LogP contribution in [0.25, 0.3) is 0 Å². The van der Waals surface area contributed by atoms with E-state index in [4.69, 9.17) is 0 Å². The molecule has 108 valence electrons. The molecule has 0 aliphatic carbocycles. The molecule has 0 fully saturated rings. The predicted octanol–water partition coefficient (Wildman–Crippen LogP) is 3.55. The second-order valence-electron chi connectivity index (χ2n) is 5.08. The summed E-state index contributed by atoms with van der Waals surface area (Å²) < 4.78 is 27.0. The third-order valence-corrected chi connectivity index (χ3v) is 4.81. The van der Waals surface area contributed by atoms with Gasteiger partial charge in [0.05, 0.1) is 4.90 Å². The van der Waals surface area contributed by atoms with Crippen LogP contribution in [0.2, 0.25) is 0 Å². The number of benzene rings is 1. The first kappa shape index (κ1) is 16.2. The van der Waals surface area contributed by atoms with E-state index < -0.39 is 10.0 Å². The van der Waals surface area contributed by atoms with Crippen LogP contribution >= 0.6 is 0 Å². The van der Waals surface area contributed by atoms with Crippen molar-refractivity contribution in [1.29, 1.82) is 0 Å². The number of hydrogen-bond acceptors (Lipinski definition) is 2. The van der Waals surface area contributed by atoms with Gasteiger partial charge in [0, 0.05) is 6.54 Å². The second kappa shape index (κ2) is 7.65. The van der Waals surface area contributed by atoms with Crippen LogP contribution in [0.1, 0.15) is 50.2 Å². The van der Waals surface area contributed by atoms with Crippen LogP contribution in [-0.2, 0) is 10.0 Å². The Bertz CT molecular complexity index is 495. The highest BCUT2D eigenvalue weighted by molar-refractivity contribution is 7.89. The van der Waals surface area contributed by atoms with Crippen LogP contribution in [0.4, 0.5) is 0 Å². The van der Waals surface area contributed by atoms with Gasteiger partial charge in [-0.05, 0) is 31.9 Å². The second-order valence-corrected chi connectivity index (χ2v) is 6.82. The largest absolute Gasteiger partial charge is 0.240 e. The van der Waals surface area contributed by atoms with Gasteiger partial charge in [0.15, 0.2) is 0 Å². The van der Waals surface area contributed by atoms with Crippen LogP contribution in [0.15, 0.2) is 23.1 Å². The molecule has 0 radical (unpaired) electrons. The smallest absolute Gasteiger partial charge is 0.211 e. The molecular weight excluding hydrogens is 258 g/mol. The summed E-state index contributed by atoms with van der Waals surface area (Å²) >= 11 is 0. The first-order chi connectivity index (χ1) is 8.97. The molecule has 1 aromatic rings. The zero-order valence-corrected chi connectivity index (χ0v) is 13.0. The molecule has 19 heavy (non-hydrogen) atoms. The summed E-state index contributed by atoms with van der Waals surface area (Å²) in [5, 5.41) is 0. The Hall–Kier alpha value is -0.870. The lowest BCUT2D eigenvalue weighted by molar-refractivity contribution is 0.570. The van der Waals surface area contributed by atoms with Crippen molar-refractivity contribution < 1.29 is 8.42 Å². The molecule has 0 aliphatic heterocycles. The predicted molar refractivity (Wildman–Crippen MR) is 79.9 cm³/mol. The van der Waals surface area contributed by atoms with Crippen molar-refractivity contribution in [1.82, 2.24) is 4.72 Å². The van der Waals surface area contributed by atoms with E-state index in [1.807, 2.05) is 26.0 Å². The van der Waals surface area contributed by atoms with E-state index in [-0.39, 0.29) is 0 Å². The fourth-order valence-corrected chi connectivity index (χ4v) is 3.41. The van der Waals surface area contributed by atoms with Crippen molar-refractivity contribution >= 4 is 10.0 Å². The Morgan fingerprint density at radius 2 is 1.74 bits per heavy atom. The highest BCUT2D eigenvalue weighted by atomic mass is 32.2. The van der Waals surface area contributed by atoms with E-state index in [0.717, 1.165) is 24.0 Å². The minimum absolute atomic E-state index is 0.395. The maximum Gasteiger partial charge on any atom is 0.240 e. The Morgan fingerprint density at radius 1 is 1.05 bits per heavy atom. The van der Waals surface area contributed by atoms with Crippen LogP contribution in [0, 0.1) is 13.8 Å². The first-order valence-electron chi connectivity index (χ1n) is 7.04. The maximum atomic E-state index is 12.1. The molecule has 0 saturated heterocycles. The Morgan fingerprint density at radius 3 is 2.37 bits per heavy atom. The molecule has 4 heteroatoms. The zero-order valence-electron chi connectivity index (χ0n) is 12.2. The molecule has 0 atom stereocenters. The minimum atomic E-state index is -3.35. The summed E-state index contributed by atoms with van der Waals surface area (Å²) in [5.74, 6) is 0. The summed E-state index contributed by atoms with van der Waals surface area (Å²) in [5.41, 5.74) is 1.88. The summed E-state index contributed by atoms with van der Waals surface area (Å²) in [6.45, 7) is 6.50.